The molecule has 0 fully saturated rings. The lowest BCUT2D eigenvalue weighted by Gasteiger charge is -2.16. The maximum Gasteiger partial charge on any atom is 0.389 e. The average Bonchev–Trinajstić information content (AvgIpc) is 2.75. The van der Waals surface area contributed by atoms with Crippen molar-refractivity contribution in [2.75, 3.05) is 13.2 Å². The fourth-order valence-corrected chi connectivity index (χ4v) is 8.86. The Morgan fingerprint density at radius 1 is 0.529 bits per heavy atom. The third-order valence-corrected chi connectivity index (χ3v) is 12.4. The van der Waals surface area contributed by atoms with Crippen LogP contribution in [0.3, 0.4) is 0 Å². The van der Waals surface area contributed by atoms with Crippen LogP contribution >= 0.6 is 66.5 Å². The van der Waals surface area contributed by atoms with E-state index in [9.17, 15) is 0 Å². The summed E-state index contributed by atoms with van der Waals surface area (Å²) in [6, 6.07) is 8.03. The van der Waals surface area contributed by atoms with Crippen LogP contribution in [0, 0.1) is 0 Å². The second kappa shape index (κ2) is 20.5. The van der Waals surface area contributed by atoms with E-state index in [4.69, 9.17) is 75.3 Å². The van der Waals surface area contributed by atoms with Crippen molar-refractivity contribution < 1.29 is 8.85 Å². The van der Waals surface area contributed by atoms with Crippen LogP contribution in [0.4, 0.5) is 0 Å². The Bertz CT molecular complexity index is 571. The highest BCUT2D eigenvalue weighted by Gasteiger charge is 2.24. The summed E-state index contributed by atoms with van der Waals surface area (Å²) in [6.45, 7) is 1.55. The Morgan fingerprint density at radius 2 is 0.912 bits per heavy atom. The van der Waals surface area contributed by atoms with Gasteiger partial charge < -0.3 is 8.85 Å². The fraction of sp³-hybridized carbons (Fsp3) is 0.739. The summed E-state index contributed by atoms with van der Waals surface area (Å²) in [4.78, 5) is 0. The molecule has 0 amide bonds. The molecule has 197 valence electrons. The van der Waals surface area contributed by atoms with Crippen LogP contribution in [-0.2, 0) is 14.9 Å². The predicted molar refractivity (Wildman–Crippen MR) is 159 cm³/mol. The number of unbranched alkanes of at least 4 members (excludes halogenated alkanes) is 10. The van der Waals surface area contributed by atoms with Crippen molar-refractivity contribution in [1.29, 1.82) is 0 Å². The van der Waals surface area contributed by atoms with E-state index >= 15 is 0 Å². The van der Waals surface area contributed by atoms with Crippen LogP contribution in [-0.4, -0.2) is 34.5 Å². The van der Waals surface area contributed by atoms with Crippen molar-refractivity contribution in [3.8, 4) is 0 Å². The zero-order valence-corrected chi connectivity index (χ0v) is 27.5. The van der Waals surface area contributed by atoms with Gasteiger partial charge in [-0.15, -0.1) is 66.5 Å². The van der Waals surface area contributed by atoms with Crippen molar-refractivity contribution >= 4 is 87.8 Å². The monoisotopic (exact) mass is 641 g/mol. The van der Waals surface area contributed by atoms with Gasteiger partial charge in [0.1, 0.15) is 0 Å². The predicted octanol–water partition coefficient (Wildman–Crippen LogP) is 10.3. The molecule has 1 rings (SSSR count). The fourth-order valence-electron chi connectivity index (χ4n) is 3.55. The van der Waals surface area contributed by atoms with E-state index in [2.05, 4.69) is 24.3 Å². The Kier molecular flexibility index (Phi) is 20.2. The zero-order chi connectivity index (χ0) is 25.1. The van der Waals surface area contributed by atoms with Gasteiger partial charge in [-0.3, -0.25) is 0 Å². The van der Waals surface area contributed by atoms with Crippen LogP contribution in [0.2, 0.25) is 12.1 Å². The molecule has 0 aliphatic heterocycles. The molecule has 0 atom stereocenters. The summed E-state index contributed by atoms with van der Waals surface area (Å²) in [5.41, 5.74) is 1.28. The molecule has 0 spiro atoms. The van der Waals surface area contributed by atoms with Gasteiger partial charge in [0.25, 0.3) is 0 Å². The number of rotatable bonds is 22. The molecule has 0 unspecified atom stereocenters. The number of benzene rings is 1. The van der Waals surface area contributed by atoms with Gasteiger partial charge in [-0.05, 0) is 30.5 Å². The van der Waals surface area contributed by atoms with E-state index in [0.717, 1.165) is 69.9 Å². The van der Waals surface area contributed by atoms with Gasteiger partial charge in [-0.25, -0.2) is 0 Å². The molecule has 0 heterocycles. The number of halogens is 6. The van der Waals surface area contributed by atoms with Gasteiger partial charge in [-0.1, -0.05) is 94.5 Å². The first kappa shape index (κ1) is 33.6. The number of hydrogen-bond donors (Lipinski definition) is 0. The van der Waals surface area contributed by atoms with E-state index in [1.54, 1.807) is 0 Å². The summed E-state index contributed by atoms with van der Waals surface area (Å²) in [6.07, 6.45) is 13.6. The van der Waals surface area contributed by atoms with Gasteiger partial charge in [0.05, 0.1) is 0 Å². The molecule has 0 bridgehead atoms. The highest BCUT2D eigenvalue weighted by molar-refractivity contribution is 7.65. The van der Waals surface area contributed by atoms with E-state index in [1.165, 1.54) is 44.1 Å². The Morgan fingerprint density at radius 3 is 1.32 bits per heavy atom. The normalized spacial score (nSPS) is 12.6. The van der Waals surface area contributed by atoms with Crippen molar-refractivity contribution in [3.05, 3.63) is 35.9 Å². The van der Waals surface area contributed by atoms with Crippen LogP contribution in [0.5, 0.6) is 0 Å². The van der Waals surface area contributed by atoms with Gasteiger partial charge in [-0.2, -0.15) is 0 Å². The maximum atomic E-state index is 6.21. The summed E-state index contributed by atoms with van der Waals surface area (Å²) in [7, 11) is -1.31. The second-order valence-corrected chi connectivity index (χ2v) is 28.9. The third-order valence-electron chi connectivity index (χ3n) is 5.43. The molecule has 11 heteroatoms. The molecule has 2 nitrogen and oxygen atoms in total. The van der Waals surface area contributed by atoms with E-state index < -0.39 is 21.3 Å². The minimum absolute atomic E-state index is 0.765. The molecule has 0 saturated carbocycles. The maximum absolute atomic E-state index is 6.21. The van der Waals surface area contributed by atoms with Crippen LogP contribution < -0.4 is 0 Å². The van der Waals surface area contributed by atoms with Gasteiger partial charge in [0, 0.05) is 19.3 Å². The highest BCUT2D eigenvalue weighted by atomic mass is 35.8. The van der Waals surface area contributed by atoms with Crippen molar-refractivity contribution in [3.63, 3.8) is 0 Å². The molecule has 0 aliphatic rings. The summed E-state index contributed by atoms with van der Waals surface area (Å²) in [5.74, 6) is 0. The molecular weight excluding hydrogens is 605 g/mol. The molecule has 1 aromatic carbocycles. The van der Waals surface area contributed by atoms with Crippen LogP contribution in [0.1, 0.15) is 82.6 Å². The zero-order valence-electron chi connectivity index (χ0n) is 20.0. The lowest BCUT2D eigenvalue weighted by atomic mass is 10.1. The lowest BCUT2D eigenvalue weighted by Crippen LogP contribution is -2.27. The molecule has 1 aromatic rings. The molecule has 0 aromatic heterocycles. The van der Waals surface area contributed by atoms with Gasteiger partial charge in [0.2, 0.25) is 0 Å². The first-order valence-electron chi connectivity index (χ1n) is 12.4. The highest BCUT2D eigenvalue weighted by Crippen LogP contribution is 2.28. The van der Waals surface area contributed by atoms with Crippen LogP contribution in [0.15, 0.2) is 30.3 Å². The largest absolute Gasteiger partial charge is 0.393 e. The smallest absolute Gasteiger partial charge is 0.389 e. The summed E-state index contributed by atoms with van der Waals surface area (Å²) in [5, 5.41) is 0. The van der Waals surface area contributed by atoms with E-state index in [-0.39, 0.29) is 0 Å². The summed E-state index contributed by atoms with van der Waals surface area (Å²) < 4.78 is 12.4. The molecule has 1 radical (unpaired) electrons. The summed E-state index contributed by atoms with van der Waals surface area (Å²) >= 11 is 35.6. The standard InChI is InChI=1S/C23H39Cl6O2Si3/c24-33(25,26)20-14-7-3-1-5-12-18-30-32(22-23-16-10-9-11-17-23)31-19-13-6-2-4-8-15-21-34(27,28)29/h9-11,16-17H,1-8,12-15,18-22H2. The topological polar surface area (TPSA) is 18.5 Å². The Labute approximate surface area is 239 Å². The van der Waals surface area contributed by atoms with E-state index in [1.807, 2.05) is 6.07 Å². The molecule has 34 heavy (non-hydrogen) atoms. The molecule has 0 saturated heterocycles. The first-order chi connectivity index (χ1) is 16.2. The quantitative estimate of drug-likeness (QED) is 0.0711. The Hall–Kier alpha value is 1.53. The third kappa shape index (κ3) is 22.7. The van der Waals surface area contributed by atoms with Gasteiger partial charge >= 0.3 is 21.3 Å². The van der Waals surface area contributed by atoms with Crippen molar-refractivity contribution in [1.82, 2.24) is 0 Å². The van der Waals surface area contributed by atoms with E-state index in [0.29, 0.717) is 0 Å². The van der Waals surface area contributed by atoms with Crippen molar-refractivity contribution in [2.45, 2.75) is 95.2 Å². The minimum atomic E-state index is -2.44. The minimum Gasteiger partial charge on any atom is -0.393 e. The number of hydrogen-bond acceptors (Lipinski definition) is 2. The van der Waals surface area contributed by atoms with Crippen LogP contribution in [0.25, 0.3) is 0 Å². The second-order valence-electron chi connectivity index (χ2n) is 8.70. The molecular formula is C23H39Cl6O2Si3. The molecule has 0 N–H and O–H groups in total. The SMILES string of the molecule is Cl[Si](Cl)(Cl)CCCCCCCCO[Si](Cc1ccccc1)OCCCCCCCC[Si](Cl)(Cl)Cl. The first-order valence-corrected chi connectivity index (χ1v) is 24.5. The Balaban J connectivity index is 2.15. The van der Waals surface area contributed by atoms with Crippen molar-refractivity contribution in [2.24, 2.45) is 0 Å². The molecule has 0 aliphatic carbocycles. The lowest BCUT2D eigenvalue weighted by molar-refractivity contribution is 0.188. The van der Waals surface area contributed by atoms with Gasteiger partial charge in [0.15, 0.2) is 0 Å². The average molecular weight is 645 g/mol.